The molecule has 0 aliphatic carbocycles. The molecule has 2 aromatic carbocycles. The summed E-state index contributed by atoms with van der Waals surface area (Å²) in [4.78, 5) is 17.1. The van der Waals surface area contributed by atoms with Crippen LogP contribution >= 0.6 is 11.3 Å². The van der Waals surface area contributed by atoms with Crippen molar-refractivity contribution in [3.05, 3.63) is 82.6 Å². The second-order valence-electron chi connectivity index (χ2n) is 6.82. The highest BCUT2D eigenvalue weighted by Crippen LogP contribution is 2.26. The summed E-state index contributed by atoms with van der Waals surface area (Å²) in [5, 5.41) is 10.0. The summed E-state index contributed by atoms with van der Waals surface area (Å²) < 4.78 is 14.7. The van der Waals surface area contributed by atoms with Gasteiger partial charge in [-0.3, -0.25) is 4.79 Å². The van der Waals surface area contributed by atoms with Gasteiger partial charge in [0.05, 0.1) is 17.8 Å². The van der Waals surface area contributed by atoms with E-state index in [4.69, 9.17) is 0 Å². The average molecular weight is 406 g/mol. The lowest BCUT2D eigenvalue weighted by atomic mass is 10.1. The Morgan fingerprint density at radius 2 is 1.83 bits per heavy atom. The Hall–Kier alpha value is -3.32. The van der Waals surface area contributed by atoms with E-state index >= 15 is 0 Å². The lowest BCUT2D eigenvalue weighted by Gasteiger charge is -2.07. The third kappa shape index (κ3) is 4.41. The van der Waals surface area contributed by atoms with E-state index in [1.807, 2.05) is 43.5 Å². The second-order valence-corrected chi connectivity index (χ2v) is 7.65. The van der Waals surface area contributed by atoms with Crippen molar-refractivity contribution >= 4 is 23.1 Å². The van der Waals surface area contributed by atoms with E-state index in [2.05, 4.69) is 15.4 Å². The first-order valence-corrected chi connectivity index (χ1v) is 10.00. The summed E-state index contributed by atoms with van der Waals surface area (Å²) in [7, 11) is 0. The predicted molar refractivity (Wildman–Crippen MR) is 113 cm³/mol. The van der Waals surface area contributed by atoms with Crippen LogP contribution in [0, 0.1) is 19.7 Å². The van der Waals surface area contributed by atoms with E-state index in [1.165, 1.54) is 29.0 Å². The first-order chi connectivity index (χ1) is 14.0. The number of halogens is 1. The zero-order valence-electron chi connectivity index (χ0n) is 16.0. The minimum absolute atomic E-state index is 0.150. The quantitative estimate of drug-likeness (QED) is 0.511. The van der Waals surface area contributed by atoms with Crippen LogP contribution < -0.4 is 5.32 Å². The minimum Gasteiger partial charge on any atom is -0.310 e. The molecule has 0 bridgehead atoms. The zero-order valence-corrected chi connectivity index (χ0v) is 16.8. The van der Waals surface area contributed by atoms with Crippen LogP contribution in [0.1, 0.15) is 16.8 Å². The number of carbonyl (C=O) groups excluding carboxylic acids is 1. The Balaban J connectivity index is 1.54. The van der Waals surface area contributed by atoms with Crippen molar-refractivity contribution in [3.8, 4) is 16.4 Å². The summed E-state index contributed by atoms with van der Waals surface area (Å²) >= 11 is 1.46. The highest BCUT2D eigenvalue weighted by molar-refractivity contribution is 7.12. The van der Waals surface area contributed by atoms with Gasteiger partial charge < -0.3 is 5.32 Å². The van der Waals surface area contributed by atoms with Crippen LogP contribution in [0.25, 0.3) is 16.4 Å². The molecule has 0 spiro atoms. The zero-order chi connectivity index (χ0) is 20.4. The van der Waals surface area contributed by atoms with E-state index in [9.17, 15) is 9.18 Å². The first kappa shape index (κ1) is 19.0. The number of rotatable bonds is 5. The van der Waals surface area contributed by atoms with Gasteiger partial charge in [-0.1, -0.05) is 42.0 Å². The number of anilines is 1. The molecule has 146 valence electrons. The van der Waals surface area contributed by atoms with Crippen LogP contribution in [0.4, 0.5) is 10.2 Å². The molecule has 0 saturated carbocycles. The maximum Gasteiger partial charge on any atom is 0.229 e. The van der Waals surface area contributed by atoms with Crippen LogP contribution in [0.3, 0.4) is 0 Å². The normalized spacial score (nSPS) is 10.9. The molecule has 2 heterocycles. The molecule has 4 aromatic rings. The number of thiazole rings is 1. The Morgan fingerprint density at radius 3 is 2.55 bits per heavy atom. The summed E-state index contributed by atoms with van der Waals surface area (Å²) in [5.74, 6) is 0.0310. The topological polar surface area (TPSA) is 59.8 Å². The highest BCUT2D eigenvalue weighted by atomic mass is 32.1. The number of benzene rings is 2. The van der Waals surface area contributed by atoms with Gasteiger partial charge in [0, 0.05) is 17.0 Å². The average Bonchev–Trinajstić information content (AvgIpc) is 3.31. The Bertz CT molecular complexity index is 1150. The van der Waals surface area contributed by atoms with Crippen LogP contribution in [0.15, 0.2) is 60.0 Å². The van der Waals surface area contributed by atoms with Gasteiger partial charge in [-0.25, -0.2) is 9.37 Å². The molecule has 5 nitrogen and oxygen atoms in total. The van der Waals surface area contributed by atoms with Crippen molar-refractivity contribution in [1.29, 1.82) is 0 Å². The maximum atomic E-state index is 13.0. The monoisotopic (exact) mass is 406 g/mol. The number of hydrogen-bond donors (Lipinski definition) is 1. The van der Waals surface area contributed by atoms with Gasteiger partial charge in [-0.2, -0.15) is 9.78 Å². The molecule has 4 rings (SSSR count). The number of carbonyl (C=O) groups is 1. The largest absolute Gasteiger partial charge is 0.310 e. The Morgan fingerprint density at radius 1 is 1.10 bits per heavy atom. The molecule has 0 radical (unpaired) electrons. The number of aromatic nitrogens is 3. The summed E-state index contributed by atoms with van der Waals surface area (Å²) in [6.45, 7) is 3.91. The lowest BCUT2D eigenvalue weighted by Crippen LogP contribution is -2.17. The molecule has 2 aromatic heterocycles. The molecule has 7 heteroatoms. The number of amides is 1. The smallest absolute Gasteiger partial charge is 0.229 e. The standard InChI is InChI=1S/C22H19FN4OS/c1-14-3-7-17(8-4-14)19-13-29-22(24-19)27-20(11-15(2)26-27)25-21(28)12-16-5-9-18(23)10-6-16/h3-11,13H,12H2,1-2H3,(H,25,28). The molecule has 1 amide bonds. The fraction of sp³-hybridized carbons (Fsp3) is 0.136. The van der Waals surface area contributed by atoms with Crippen LogP contribution in [0.2, 0.25) is 0 Å². The van der Waals surface area contributed by atoms with Gasteiger partial charge in [0.25, 0.3) is 0 Å². The van der Waals surface area contributed by atoms with Gasteiger partial charge in [0.15, 0.2) is 0 Å². The van der Waals surface area contributed by atoms with E-state index in [-0.39, 0.29) is 18.1 Å². The fourth-order valence-corrected chi connectivity index (χ4v) is 3.72. The molecule has 0 aliphatic heterocycles. The SMILES string of the molecule is Cc1ccc(-c2csc(-n3nc(C)cc3NC(=O)Cc3ccc(F)cc3)n2)cc1. The molecular formula is C22H19FN4OS. The van der Waals surface area contributed by atoms with Crippen molar-refractivity contribution in [3.63, 3.8) is 0 Å². The molecular weight excluding hydrogens is 387 g/mol. The van der Waals surface area contributed by atoms with Gasteiger partial charge in [0.2, 0.25) is 11.0 Å². The van der Waals surface area contributed by atoms with E-state index < -0.39 is 0 Å². The minimum atomic E-state index is -0.323. The van der Waals surface area contributed by atoms with E-state index in [0.29, 0.717) is 10.9 Å². The van der Waals surface area contributed by atoms with Gasteiger partial charge in [-0.15, -0.1) is 11.3 Å². The van der Waals surface area contributed by atoms with Gasteiger partial charge in [-0.05, 0) is 31.5 Å². The first-order valence-electron chi connectivity index (χ1n) is 9.12. The van der Waals surface area contributed by atoms with E-state index in [0.717, 1.165) is 22.5 Å². The third-order valence-corrected chi connectivity index (χ3v) is 5.21. The Kier molecular flexibility index (Phi) is 5.22. The van der Waals surface area contributed by atoms with Crippen LogP contribution in [-0.4, -0.2) is 20.7 Å². The summed E-state index contributed by atoms with van der Waals surface area (Å²) in [6.07, 6.45) is 0.150. The number of aryl methyl sites for hydroxylation is 2. The van der Waals surface area contributed by atoms with E-state index in [1.54, 1.807) is 22.9 Å². The van der Waals surface area contributed by atoms with Crippen LogP contribution in [0.5, 0.6) is 0 Å². The summed E-state index contributed by atoms with van der Waals surface area (Å²) in [6, 6.07) is 15.9. The number of nitrogens with zero attached hydrogens (tertiary/aromatic N) is 3. The van der Waals surface area contributed by atoms with Crippen molar-refractivity contribution in [1.82, 2.24) is 14.8 Å². The molecule has 0 saturated heterocycles. The highest BCUT2D eigenvalue weighted by Gasteiger charge is 2.15. The van der Waals surface area contributed by atoms with Crippen molar-refractivity contribution in [2.24, 2.45) is 0 Å². The predicted octanol–water partition coefficient (Wildman–Crippen LogP) is 4.93. The molecule has 0 aliphatic rings. The molecule has 0 unspecified atom stereocenters. The second kappa shape index (κ2) is 7.97. The Labute approximate surface area is 171 Å². The number of nitrogens with one attached hydrogen (secondary N) is 1. The third-order valence-electron chi connectivity index (χ3n) is 4.40. The van der Waals surface area contributed by atoms with Crippen molar-refractivity contribution < 1.29 is 9.18 Å². The van der Waals surface area contributed by atoms with Gasteiger partial charge >= 0.3 is 0 Å². The molecule has 1 N–H and O–H groups in total. The van der Waals surface area contributed by atoms with Crippen molar-refractivity contribution in [2.75, 3.05) is 5.32 Å². The summed E-state index contributed by atoms with van der Waals surface area (Å²) in [5.41, 5.74) is 4.60. The molecule has 0 fully saturated rings. The molecule has 29 heavy (non-hydrogen) atoms. The lowest BCUT2D eigenvalue weighted by molar-refractivity contribution is -0.115. The maximum absolute atomic E-state index is 13.0. The van der Waals surface area contributed by atoms with Gasteiger partial charge in [0.1, 0.15) is 11.6 Å². The molecule has 0 atom stereocenters. The van der Waals surface area contributed by atoms with Crippen molar-refractivity contribution in [2.45, 2.75) is 20.3 Å². The number of hydrogen-bond acceptors (Lipinski definition) is 4. The fourth-order valence-electron chi connectivity index (χ4n) is 2.93. The van der Waals surface area contributed by atoms with Crippen LogP contribution in [-0.2, 0) is 11.2 Å².